The number of hydrogen-bond donors (Lipinski definition) is 1. The second kappa shape index (κ2) is 6.39. The SMILES string of the molecule is c1csc(-c2nc3ccc(N4CC5CNCC5C4)nn3c2-c2ccncc2)c1. The largest absolute Gasteiger partial charge is 0.355 e. The Balaban J connectivity index is 1.50. The van der Waals surface area contributed by atoms with Crippen LogP contribution < -0.4 is 10.2 Å². The first-order valence-electron chi connectivity index (χ1n) is 9.66. The summed E-state index contributed by atoms with van der Waals surface area (Å²) in [6, 6.07) is 12.5. The average molecular weight is 389 g/mol. The highest BCUT2D eigenvalue weighted by Gasteiger charge is 2.36. The fraction of sp³-hybridized carbons (Fsp3) is 0.286. The smallest absolute Gasteiger partial charge is 0.155 e. The van der Waals surface area contributed by atoms with E-state index >= 15 is 0 Å². The molecule has 140 valence electrons. The van der Waals surface area contributed by atoms with Gasteiger partial charge in [0.1, 0.15) is 17.2 Å². The first-order valence-corrected chi connectivity index (χ1v) is 10.5. The molecule has 0 amide bonds. The van der Waals surface area contributed by atoms with Gasteiger partial charge in [-0.25, -0.2) is 9.50 Å². The van der Waals surface area contributed by atoms with Crippen molar-refractivity contribution in [2.75, 3.05) is 31.1 Å². The molecule has 4 aromatic rings. The highest BCUT2D eigenvalue weighted by atomic mass is 32.1. The van der Waals surface area contributed by atoms with E-state index in [9.17, 15) is 0 Å². The van der Waals surface area contributed by atoms with Crippen molar-refractivity contribution in [3.05, 3.63) is 54.2 Å². The summed E-state index contributed by atoms with van der Waals surface area (Å²) in [5.41, 5.74) is 3.97. The lowest BCUT2D eigenvalue weighted by molar-refractivity contribution is 0.533. The zero-order chi connectivity index (χ0) is 18.5. The van der Waals surface area contributed by atoms with Gasteiger partial charge in [0.15, 0.2) is 5.65 Å². The molecule has 28 heavy (non-hydrogen) atoms. The van der Waals surface area contributed by atoms with Crippen molar-refractivity contribution in [1.82, 2.24) is 24.9 Å². The molecule has 7 heteroatoms. The summed E-state index contributed by atoms with van der Waals surface area (Å²) in [5.74, 6) is 2.51. The number of anilines is 1. The zero-order valence-corrected chi connectivity index (χ0v) is 16.1. The Morgan fingerprint density at radius 2 is 1.82 bits per heavy atom. The minimum absolute atomic E-state index is 0.738. The highest BCUT2D eigenvalue weighted by molar-refractivity contribution is 7.13. The first-order chi connectivity index (χ1) is 13.9. The van der Waals surface area contributed by atoms with Crippen molar-refractivity contribution >= 4 is 22.8 Å². The van der Waals surface area contributed by atoms with E-state index in [1.165, 1.54) is 0 Å². The van der Waals surface area contributed by atoms with Crippen LogP contribution in [0, 0.1) is 11.8 Å². The van der Waals surface area contributed by atoms with Gasteiger partial charge >= 0.3 is 0 Å². The number of rotatable bonds is 3. The van der Waals surface area contributed by atoms with E-state index in [0.717, 1.165) is 71.3 Å². The van der Waals surface area contributed by atoms with Crippen LogP contribution in [0.15, 0.2) is 54.2 Å². The molecule has 0 radical (unpaired) electrons. The summed E-state index contributed by atoms with van der Waals surface area (Å²) < 4.78 is 2.01. The van der Waals surface area contributed by atoms with Crippen LogP contribution in [0.3, 0.4) is 0 Å². The van der Waals surface area contributed by atoms with Crippen LogP contribution in [-0.4, -0.2) is 45.8 Å². The Bertz CT molecular complexity index is 1110. The van der Waals surface area contributed by atoms with E-state index in [0.29, 0.717) is 0 Å². The number of thiophene rings is 1. The summed E-state index contributed by atoms with van der Waals surface area (Å²) in [4.78, 5) is 12.7. The van der Waals surface area contributed by atoms with Crippen LogP contribution in [-0.2, 0) is 0 Å². The lowest BCUT2D eigenvalue weighted by atomic mass is 10.0. The Kier molecular flexibility index (Phi) is 3.70. The molecule has 2 atom stereocenters. The van der Waals surface area contributed by atoms with E-state index in [4.69, 9.17) is 10.1 Å². The van der Waals surface area contributed by atoms with Gasteiger partial charge < -0.3 is 10.2 Å². The molecule has 4 aromatic heterocycles. The quantitative estimate of drug-likeness (QED) is 0.584. The second-order valence-electron chi connectivity index (χ2n) is 7.57. The second-order valence-corrected chi connectivity index (χ2v) is 8.51. The molecule has 2 unspecified atom stereocenters. The molecule has 0 spiro atoms. The molecule has 0 aliphatic carbocycles. The maximum Gasteiger partial charge on any atom is 0.155 e. The van der Waals surface area contributed by atoms with Crippen molar-refractivity contribution in [2.45, 2.75) is 0 Å². The van der Waals surface area contributed by atoms with E-state index in [1.807, 2.05) is 29.0 Å². The molecule has 6 rings (SSSR count). The molecule has 2 aliphatic rings. The number of imidazole rings is 1. The zero-order valence-electron chi connectivity index (χ0n) is 15.3. The Labute approximate surface area is 166 Å². The topological polar surface area (TPSA) is 58.4 Å². The molecule has 0 saturated carbocycles. The molecular formula is C21H20N6S. The van der Waals surface area contributed by atoms with Crippen molar-refractivity contribution < 1.29 is 0 Å². The maximum absolute atomic E-state index is 5.04. The van der Waals surface area contributed by atoms with Gasteiger partial charge in [-0.3, -0.25) is 4.98 Å². The lowest BCUT2D eigenvalue weighted by Crippen LogP contribution is -2.26. The number of hydrogen-bond acceptors (Lipinski definition) is 6. The van der Waals surface area contributed by atoms with E-state index in [-0.39, 0.29) is 0 Å². The summed E-state index contributed by atoms with van der Waals surface area (Å²) in [7, 11) is 0. The molecule has 6 heterocycles. The predicted octanol–water partition coefficient (Wildman–Crippen LogP) is 3.18. The fourth-order valence-electron chi connectivity index (χ4n) is 4.49. The number of fused-ring (bicyclic) bond motifs is 2. The van der Waals surface area contributed by atoms with Gasteiger partial charge in [0.25, 0.3) is 0 Å². The molecule has 2 aliphatic heterocycles. The fourth-order valence-corrected chi connectivity index (χ4v) is 5.20. The molecular weight excluding hydrogens is 368 g/mol. The number of aromatic nitrogens is 4. The van der Waals surface area contributed by atoms with Gasteiger partial charge in [0, 0.05) is 44.1 Å². The van der Waals surface area contributed by atoms with Crippen molar-refractivity contribution in [3.8, 4) is 21.8 Å². The van der Waals surface area contributed by atoms with E-state index < -0.39 is 0 Å². The Morgan fingerprint density at radius 1 is 1.00 bits per heavy atom. The molecule has 2 saturated heterocycles. The van der Waals surface area contributed by atoms with Crippen molar-refractivity contribution in [3.63, 3.8) is 0 Å². The average Bonchev–Trinajstić information content (AvgIpc) is 3.50. The van der Waals surface area contributed by atoms with Crippen LogP contribution in [0.25, 0.3) is 27.5 Å². The first kappa shape index (κ1) is 16.2. The van der Waals surface area contributed by atoms with E-state index in [2.05, 4.69) is 44.8 Å². The summed E-state index contributed by atoms with van der Waals surface area (Å²) in [6.45, 7) is 4.40. The van der Waals surface area contributed by atoms with Crippen LogP contribution in [0.4, 0.5) is 5.82 Å². The lowest BCUT2D eigenvalue weighted by Gasteiger charge is -2.18. The molecule has 1 N–H and O–H groups in total. The predicted molar refractivity (Wildman–Crippen MR) is 112 cm³/mol. The third kappa shape index (κ3) is 2.54. The van der Waals surface area contributed by atoms with E-state index in [1.54, 1.807) is 11.3 Å². The van der Waals surface area contributed by atoms with Crippen LogP contribution in [0.2, 0.25) is 0 Å². The minimum Gasteiger partial charge on any atom is -0.355 e. The summed E-state index contributed by atoms with van der Waals surface area (Å²) >= 11 is 1.70. The summed E-state index contributed by atoms with van der Waals surface area (Å²) in [5, 5.41) is 10.6. The van der Waals surface area contributed by atoms with Gasteiger partial charge in [0.05, 0.1) is 4.88 Å². The van der Waals surface area contributed by atoms with Crippen LogP contribution in [0.5, 0.6) is 0 Å². The highest BCUT2D eigenvalue weighted by Crippen LogP contribution is 2.35. The standard InChI is InChI=1S/C21H20N6S/c1-2-17(28-9-1)20-21(14-5-7-22-8-6-14)27-18(24-20)3-4-19(25-27)26-12-15-10-23-11-16(15)13-26/h1-9,15-16,23H,10-13H2. The van der Waals surface area contributed by atoms with Gasteiger partial charge in [-0.05, 0) is 47.5 Å². The summed E-state index contributed by atoms with van der Waals surface area (Å²) in [6.07, 6.45) is 3.65. The van der Waals surface area contributed by atoms with Crippen molar-refractivity contribution in [1.29, 1.82) is 0 Å². The number of pyridine rings is 1. The van der Waals surface area contributed by atoms with Crippen LogP contribution >= 0.6 is 11.3 Å². The minimum atomic E-state index is 0.738. The van der Waals surface area contributed by atoms with Crippen molar-refractivity contribution in [2.24, 2.45) is 11.8 Å². The molecule has 6 nitrogen and oxygen atoms in total. The molecule has 0 bridgehead atoms. The third-order valence-corrected chi connectivity index (χ3v) is 6.76. The van der Waals surface area contributed by atoms with Gasteiger partial charge in [-0.1, -0.05) is 6.07 Å². The Hall–Kier alpha value is -2.77. The maximum atomic E-state index is 5.04. The van der Waals surface area contributed by atoms with Gasteiger partial charge in [-0.15, -0.1) is 16.4 Å². The van der Waals surface area contributed by atoms with Gasteiger partial charge in [-0.2, -0.15) is 0 Å². The monoisotopic (exact) mass is 388 g/mol. The molecule has 2 fully saturated rings. The number of nitrogens with zero attached hydrogens (tertiary/aromatic N) is 5. The normalized spacial score (nSPS) is 21.5. The van der Waals surface area contributed by atoms with Crippen LogP contribution in [0.1, 0.15) is 0 Å². The molecule has 0 aromatic carbocycles. The third-order valence-electron chi connectivity index (χ3n) is 5.89. The number of nitrogens with one attached hydrogen (secondary N) is 1. The Morgan fingerprint density at radius 3 is 2.57 bits per heavy atom. The van der Waals surface area contributed by atoms with Gasteiger partial charge in [0.2, 0.25) is 0 Å².